The maximum atomic E-state index is 12.0. The summed E-state index contributed by atoms with van der Waals surface area (Å²) in [7, 11) is 3.45. The molecule has 0 radical (unpaired) electrons. The fourth-order valence-corrected chi connectivity index (χ4v) is 2.99. The first-order chi connectivity index (χ1) is 10.6. The highest BCUT2D eigenvalue weighted by atomic mass is 16.2. The molecular weight excluding hydrogens is 276 g/mol. The molecule has 4 nitrogen and oxygen atoms in total. The summed E-state index contributed by atoms with van der Waals surface area (Å²) in [6, 6.07) is 7.07. The minimum Gasteiger partial charge on any atom is -0.345 e. The Balaban J connectivity index is 1.80. The molecule has 0 saturated heterocycles. The molecule has 1 N–H and O–H groups in total. The zero-order valence-electron chi connectivity index (χ0n) is 13.6. The summed E-state index contributed by atoms with van der Waals surface area (Å²) in [4.78, 5) is 25.3. The molecule has 0 atom stereocenters. The van der Waals surface area contributed by atoms with Crippen LogP contribution in [0.4, 0.5) is 5.69 Å². The fraction of sp³-hybridized carbons (Fsp3) is 0.556. The second-order valence-corrected chi connectivity index (χ2v) is 6.37. The third-order valence-corrected chi connectivity index (χ3v) is 4.33. The third-order valence-electron chi connectivity index (χ3n) is 4.33. The summed E-state index contributed by atoms with van der Waals surface area (Å²) in [6.45, 7) is 0. The fourth-order valence-electron chi connectivity index (χ4n) is 2.99. The molecule has 2 rings (SSSR count). The van der Waals surface area contributed by atoms with Gasteiger partial charge in [0.15, 0.2) is 0 Å². The molecule has 1 aromatic carbocycles. The molecule has 0 aromatic heterocycles. The van der Waals surface area contributed by atoms with Gasteiger partial charge in [0.1, 0.15) is 0 Å². The Bertz CT molecular complexity index is 502. The maximum absolute atomic E-state index is 12.0. The second kappa shape index (κ2) is 7.97. The van der Waals surface area contributed by atoms with Crippen molar-refractivity contribution < 1.29 is 9.59 Å². The number of benzene rings is 1. The van der Waals surface area contributed by atoms with Gasteiger partial charge in [-0.2, -0.15) is 0 Å². The van der Waals surface area contributed by atoms with E-state index in [1.54, 1.807) is 38.4 Å². The van der Waals surface area contributed by atoms with Crippen molar-refractivity contribution in [2.75, 3.05) is 19.4 Å². The van der Waals surface area contributed by atoms with E-state index in [-0.39, 0.29) is 11.8 Å². The Hall–Kier alpha value is -1.84. The van der Waals surface area contributed by atoms with Gasteiger partial charge >= 0.3 is 0 Å². The highest BCUT2D eigenvalue weighted by molar-refractivity contribution is 5.95. The van der Waals surface area contributed by atoms with Crippen molar-refractivity contribution in [3.63, 3.8) is 0 Å². The predicted molar refractivity (Wildman–Crippen MR) is 88.9 cm³/mol. The van der Waals surface area contributed by atoms with Crippen LogP contribution in [0.2, 0.25) is 0 Å². The molecule has 4 heteroatoms. The minimum atomic E-state index is -0.0322. The van der Waals surface area contributed by atoms with Gasteiger partial charge in [-0.05, 0) is 36.6 Å². The van der Waals surface area contributed by atoms with E-state index in [0.717, 1.165) is 18.0 Å². The summed E-state index contributed by atoms with van der Waals surface area (Å²) in [5.74, 6) is 0.757. The molecule has 22 heavy (non-hydrogen) atoms. The van der Waals surface area contributed by atoms with Gasteiger partial charge < -0.3 is 10.2 Å². The summed E-state index contributed by atoms with van der Waals surface area (Å²) < 4.78 is 0. The van der Waals surface area contributed by atoms with Crippen LogP contribution in [0.15, 0.2) is 24.3 Å². The lowest BCUT2D eigenvalue weighted by Crippen LogP contribution is -2.21. The van der Waals surface area contributed by atoms with E-state index >= 15 is 0 Å². The molecule has 120 valence electrons. The first-order valence-corrected chi connectivity index (χ1v) is 8.18. The van der Waals surface area contributed by atoms with Crippen molar-refractivity contribution in [1.82, 2.24) is 4.90 Å². The van der Waals surface area contributed by atoms with Crippen molar-refractivity contribution in [1.29, 1.82) is 0 Å². The van der Waals surface area contributed by atoms with E-state index in [0.29, 0.717) is 12.0 Å². The van der Waals surface area contributed by atoms with Crippen LogP contribution in [0.25, 0.3) is 0 Å². The molecular formula is C18H26N2O2. The number of nitrogens with one attached hydrogen (secondary N) is 1. The van der Waals surface area contributed by atoms with E-state index in [4.69, 9.17) is 0 Å². The van der Waals surface area contributed by atoms with Gasteiger partial charge in [-0.15, -0.1) is 0 Å². The smallest absolute Gasteiger partial charge is 0.253 e. The quantitative estimate of drug-likeness (QED) is 0.902. The molecule has 1 fully saturated rings. The molecule has 0 unspecified atom stereocenters. The number of nitrogens with zero attached hydrogens (tertiary/aromatic N) is 1. The number of rotatable bonds is 5. The number of hydrogen-bond donors (Lipinski definition) is 1. The molecule has 0 bridgehead atoms. The average molecular weight is 302 g/mol. The van der Waals surface area contributed by atoms with Gasteiger partial charge in [-0.1, -0.05) is 32.1 Å². The molecule has 0 aliphatic heterocycles. The second-order valence-electron chi connectivity index (χ2n) is 6.37. The molecule has 0 spiro atoms. The minimum absolute atomic E-state index is 0.0322. The van der Waals surface area contributed by atoms with E-state index in [2.05, 4.69) is 5.32 Å². The van der Waals surface area contributed by atoms with Crippen LogP contribution >= 0.6 is 0 Å². The number of amides is 2. The Labute approximate surface area is 132 Å². The SMILES string of the molecule is CN(C)C(=O)c1ccc(NC(=O)CCC2CCCCC2)cc1. The maximum Gasteiger partial charge on any atom is 0.253 e. The first kappa shape index (κ1) is 16.5. The highest BCUT2D eigenvalue weighted by Gasteiger charge is 2.15. The summed E-state index contributed by atoms with van der Waals surface area (Å²) in [6.07, 6.45) is 8.09. The van der Waals surface area contributed by atoms with Gasteiger partial charge in [0.2, 0.25) is 5.91 Å². The van der Waals surface area contributed by atoms with Crippen molar-refractivity contribution >= 4 is 17.5 Å². The lowest BCUT2D eigenvalue weighted by molar-refractivity contribution is -0.116. The van der Waals surface area contributed by atoms with Crippen LogP contribution in [0, 0.1) is 5.92 Å². The van der Waals surface area contributed by atoms with Crippen molar-refractivity contribution in [3.8, 4) is 0 Å². The van der Waals surface area contributed by atoms with Crippen molar-refractivity contribution in [2.24, 2.45) is 5.92 Å². The average Bonchev–Trinajstić information content (AvgIpc) is 2.54. The van der Waals surface area contributed by atoms with E-state index < -0.39 is 0 Å². The molecule has 0 heterocycles. The lowest BCUT2D eigenvalue weighted by Gasteiger charge is -2.21. The van der Waals surface area contributed by atoms with Crippen LogP contribution in [0.3, 0.4) is 0 Å². The van der Waals surface area contributed by atoms with Gasteiger partial charge in [0.25, 0.3) is 5.91 Å². The molecule has 1 aliphatic carbocycles. The van der Waals surface area contributed by atoms with Gasteiger partial charge in [-0.25, -0.2) is 0 Å². The third kappa shape index (κ3) is 4.86. The molecule has 1 saturated carbocycles. The number of anilines is 1. The molecule has 1 aromatic rings. The van der Waals surface area contributed by atoms with Crippen LogP contribution in [0.5, 0.6) is 0 Å². The normalized spacial score (nSPS) is 15.4. The Morgan fingerprint density at radius 1 is 1.09 bits per heavy atom. The lowest BCUT2D eigenvalue weighted by atomic mass is 9.86. The standard InChI is InChI=1S/C18H26N2O2/c1-20(2)18(22)15-9-11-16(12-10-15)19-17(21)13-8-14-6-4-3-5-7-14/h9-12,14H,3-8,13H2,1-2H3,(H,19,21). The van der Waals surface area contributed by atoms with E-state index in [1.165, 1.54) is 37.0 Å². The Morgan fingerprint density at radius 2 is 1.73 bits per heavy atom. The number of hydrogen-bond acceptors (Lipinski definition) is 2. The van der Waals surface area contributed by atoms with Crippen molar-refractivity contribution in [2.45, 2.75) is 44.9 Å². The molecule has 2 amide bonds. The van der Waals surface area contributed by atoms with E-state index in [9.17, 15) is 9.59 Å². The van der Waals surface area contributed by atoms with Crippen LogP contribution in [-0.4, -0.2) is 30.8 Å². The summed E-state index contributed by atoms with van der Waals surface area (Å²) in [5, 5.41) is 2.91. The van der Waals surface area contributed by atoms with E-state index in [1.807, 2.05) is 0 Å². The monoisotopic (exact) mass is 302 g/mol. The van der Waals surface area contributed by atoms with Crippen LogP contribution < -0.4 is 5.32 Å². The number of carbonyl (C=O) groups is 2. The predicted octanol–water partition coefficient (Wildman–Crippen LogP) is 3.69. The largest absolute Gasteiger partial charge is 0.345 e. The summed E-state index contributed by atoms with van der Waals surface area (Å²) in [5.41, 5.74) is 1.38. The van der Waals surface area contributed by atoms with Crippen LogP contribution in [-0.2, 0) is 4.79 Å². The highest BCUT2D eigenvalue weighted by Crippen LogP contribution is 2.27. The molecule has 1 aliphatic rings. The topological polar surface area (TPSA) is 49.4 Å². The van der Waals surface area contributed by atoms with Gasteiger partial charge in [0.05, 0.1) is 0 Å². The first-order valence-electron chi connectivity index (χ1n) is 8.18. The Morgan fingerprint density at radius 3 is 2.32 bits per heavy atom. The Kier molecular flexibility index (Phi) is 5.99. The van der Waals surface area contributed by atoms with Crippen molar-refractivity contribution in [3.05, 3.63) is 29.8 Å². The zero-order chi connectivity index (χ0) is 15.9. The van der Waals surface area contributed by atoms with Gasteiger partial charge in [-0.3, -0.25) is 9.59 Å². The zero-order valence-corrected chi connectivity index (χ0v) is 13.6. The van der Waals surface area contributed by atoms with Gasteiger partial charge in [0, 0.05) is 31.8 Å². The number of carbonyl (C=O) groups excluding carboxylic acids is 2. The van der Waals surface area contributed by atoms with Crippen LogP contribution in [0.1, 0.15) is 55.3 Å². The summed E-state index contributed by atoms with van der Waals surface area (Å²) >= 11 is 0.